The number of anilines is 1. The third-order valence-electron chi connectivity index (χ3n) is 10.7. The van der Waals surface area contributed by atoms with Crippen LogP contribution < -0.4 is 5.32 Å². The molecular weight excluding hydrogens is 639 g/mol. The van der Waals surface area contributed by atoms with E-state index in [-0.39, 0.29) is 17.5 Å². The van der Waals surface area contributed by atoms with Gasteiger partial charge in [-0.1, -0.05) is 120 Å². The highest BCUT2D eigenvalue weighted by Crippen LogP contribution is 2.31. The van der Waals surface area contributed by atoms with Gasteiger partial charge in [0.05, 0.1) is 11.3 Å². The van der Waals surface area contributed by atoms with Crippen molar-refractivity contribution >= 4 is 33.7 Å². The molecular formula is C47H63N3O2. The fourth-order valence-corrected chi connectivity index (χ4v) is 7.05. The molecule has 1 atom stereocenters. The molecule has 2 aliphatic rings. The van der Waals surface area contributed by atoms with E-state index in [2.05, 4.69) is 126 Å². The molecule has 1 unspecified atom stereocenters. The summed E-state index contributed by atoms with van der Waals surface area (Å²) in [5.74, 6) is 1.93. The normalized spacial score (nSPS) is 16.5. The first-order chi connectivity index (χ1) is 25.0. The highest BCUT2D eigenvalue weighted by molar-refractivity contribution is 6.36. The summed E-state index contributed by atoms with van der Waals surface area (Å²) in [5, 5.41) is 6.24. The number of rotatable bonds is 14. The number of nitrogens with one attached hydrogen (secondary N) is 1. The molecule has 1 N–H and O–H groups in total. The van der Waals surface area contributed by atoms with E-state index >= 15 is 0 Å². The van der Waals surface area contributed by atoms with Crippen molar-refractivity contribution in [1.29, 1.82) is 0 Å². The van der Waals surface area contributed by atoms with E-state index in [0.717, 1.165) is 68.0 Å². The lowest BCUT2D eigenvalue weighted by molar-refractivity contribution is -0.119. The van der Waals surface area contributed by atoms with E-state index in [4.69, 9.17) is 4.99 Å². The first-order valence-corrected chi connectivity index (χ1v) is 19.8. The van der Waals surface area contributed by atoms with Gasteiger partial charge in [-0.25, -0.2) is 4.99 Å². The molecule has 5 heteroatoms. The van der Waals surface area contributed by atoms with E-state index in [1.54, 1.807) is 13.0 Å². The van der Waals surface area contributed by atoms with Crippen LogP contribution in [0.4, 0.5) is 5.69 Å². The first-order valence-electron chi connectivity index (χ1n) is 19.8. The van der Waals surface area contributed by atoms with Crippen LogP contribution in [0.1, 0.15) is 116 Å². The van der Waals surface area contributed by atoms with Gasteiger partial charge in [0.25, 0.3) is 0 Å². The maximum Gasteiger partial charge on any atom is 0.197 e. The Kier molecular flexibility index (Phi) is 15.8. The van der Waals surface area contributed by atoms with Gasteiger partial charge in [0.1, 0.15) is 5.82 Å². The molecule has 3 aromatic carbocycles. The van der Waals surface area contributed by atoms with Crippen LogP contribution in [0.3, 0.4) is 0 Å². The smallest absolute Gasteiger partial charge is 0.197 e. The summed E-state index contributed by atoms with van der Waals surface area (Å²) in [7, 11) is 2.20. The van der Waals surface area contributed by atoms with Gasteiger partial charge in [0.15, 0.2) is 11.6 Å². The second-order valence-corrected chi connectivity index (χ2v) is 15.2. The Morgan fingerprint density at radius 1 is 0.942 bits per heavy atom. The number of carbonyl (C=O) groups excluding carboxylic acids is 2. The second kappa shape index (κ2) is 20.2. The predicted octanol–water partition coefficient (Wildman–Crippen LogP) is 11.8. The van der Waals surface area contributed by atoms with Crippen LogP contribution in [0.5, 0.6) is 0 Å². The van der Waals surface area contributed by atoms with Crippen molar-refractivity contribution < 1.29 is 9.59 Å². The number of aliphatic imine (C=N–C) groups is 1. The average Bonchev–Trinajstić information content (AvgIpc) is 3.33. The molecule has 0 radical (unpaired) electrons. The Balaban J connectivity index is 0.000000462. The molecule has 0 bridgehead atoms. The van der Waals surface area contributed by atoms with Gasteiger partial charge in [-0.05, 0) is 124 Å². The summed E-state index contributed by atoms with van der Waals surface area (Å²) >= 11 is 0. The summed E-state index contributed by atoms with van der Waals surface area (Å²) in [6.45, 7) is 17.0. The van der Waals surface area contributed by atoms with Crippen LogP contribution in [0.25, 0.3) is 10.8 Å². The van der Waals surface area contributed by atoms with Gasteiger partial charge in [0, 0.05) is 17.7 Å². The number of hydrogen-bond acceptors (Lipinski definition) is 5. The molecule has 3 aromatic rings. The lowest BCUT2D eigenvalue weighted by atomic mass is 9.87. The zero-order valence-corrected chi connectivity index (χ0v) is 33.2. The largest absolute Gasteiger partial charge is 0.340 e. The summed E-state index contributed by atoms with van der Waals surface area (Å²) in [4.78, 5) is 34.6. The number of Topliss-reactive ketones (excluding diaryl/α,β-unsaturated/α-hetero) is 2. The number of unbranched alkanes of at least 4 members (excludes halogenated alkanes) is 1. The molecule has 1 saturated heterocycles. The number of hydrogen-bond donors (Lipinski definition) is 1. The number of aryl methyl sites for hydroxylation is 1. The lowest BCUT2D eigenvalue weighted by Crippen LogP contribution is -2.29. The summed E-state index contributed by atoms with van der Waals surface area (Å²) in [5.41, 5.74) is 6.56. The third-order valence-corrected chi connectivity index (χ3v) is 10.7. The molecule has 0 aromatic heterocycles. The number of nitrogens with zero attached hydrogens (tertiary/aromatic N) is 2. The number of benzene rings is 3. The van der Waals surface area contributed by atoms with Gasteiger partial charge in [-0.15, -0.1) is 0 Å². The van der Waals surface area contributed by atoms with Crippen LogP contribution in [0, 0.1) is 18.8 Å². The number of fused-ring (bicyclic) bond motifs is 1. The van der Waals surface area contributed by atoms with Crippen molar-refractivity contribution in [2.45, 2.75) is 112 Å². The summed E-state index contributed by atoms with van der Waals surface area (Å²) in [6, 6.07) is 23.7. The van der Waals surface area contributed by atoms with Crippen LogP contribution in [-0.2, 0) is 9.59 Å². The molecule has 0 amide bonds. The third kappa shape index (κ3) is 11.5. The van der Waals surface area contributed by atoms with E-state index in [9.17, 15) is 9.59 Å². The van der Waals surface area contributed by atoms with Gasteiger partial charge in [0.2, 0.25) is 0 Å². The number of ketones is 2. The lowest BCUT2D eigenvalue weighted by Gasteiger charge is -2.29. The minimum absolute atomic E-state index is 0.0540. The van der Waals surface area contributed by atoms with E-state index < -0.39 is 0 Å². The Labute approximate surface area is 314 Å². The van der Waals surface area contributed by atoms with Crippen LogP contribution in [0.2, 0.25) is 0 Å². The van der Waals surface area contributed by atoms with E-state index in [0.29, 0.717) is 35.8 Å². The Bertz CT molecular complexity index is 1770. The Morgan fingerprint density at radius 2 is 1.63 bits per heavy atom. The quantitative estimate of drug-likeness (QED) is 0.0786. The zero-order chi connectivity index (χ0) is 37.6. The van der Waals surface area contributed by atoms with Crippen LogP contribution >= 0.6 is 0 Å². The fraction of sp³-hybridized carbons (Fsp3) is 0.468. The van der Waals surface area contributed by atoms with E-state index in [1.165, 1.54) is 34.7 Å². The Hall–Kier alpha value is -4.09. The maximum absolute atomic E-state index is 13.9. The zero-order valence-electron chi connectivity index (χ0n) is 33.2. The highest BCUT2D eigenvalue weighted by Gasteiger charge is 2.28. The molecule has 0 spiro atoms. The number of piperidine rings is 1. The maximum atomic E-state index is 13.9. The van der Waals surface area contributed by atoms with Crippen molar-refractivity contribution in [1.82, 2.24) is 4.90 Å². The molecule has 1 fully saturated rings. The van der Waals surface area contributed by atoms with Crippen molar-refractivity contribution in [2.24, 2.45) is 16.8 Å². The average molecular weight is 702 g/mol. The molecule has 52 heavy (non-hydrogen) atoms. The summed E-state index contributed by atoms with van der Waals surface area (Å²) in [6.07, 6.45) is 11.8. The van der Waals surface area contributed by atoms with E-state index in [1.807, 2.05) is 6.08 Å². The second-order valence-electron chi connectivity index (χ2n) is 15.2. The molecule has 5 rings (SSSR count). The van der Waals surface area contributed by atoms with Crippen molar-refractivity contribution in [2.75, 3.05) is 25.5 Å². The fourth-order valence-electron chi connectivity index (χ4n) is 7.05. The van der Waals surface area contributed by atoms with Gasteiger partial charge in [-0.2, -0.15) is 0 Å². The molecule has 0 saturated carbocycles. The molecule has 5 nitrogen and oxygen atoms in total. The molecule has 2 heterocycles. The molecule has 278 valence electrons. The van der Waals surface area contributed by atoms with Gasteiger partial charge >= 0.3 is 0 Å². The van der Waals surface area contributed by atoms with Gasteiger partial charge < -0.3 is 10.2 Å². The molecule has 2 aliphatic heterocycles. The van der Waals surface area contributed by atoms with Crippen LogP contribution in [-0.4, -0.2) is 42.3 Å². The van der Waals surface area contributed by atoms with Crippen molar-refractivity contribution in [3.8, 4) is 0 Å². The first kappa shape index (κ1) is 40.7. The Morgan fingerprint density at radius 3 is 2.27 bits per heavy atom. The topological polar surface area (TPSA) is 61.8 Å². The number of allylic oxidation sites excluding steroid dienone is 5. The SMILES string of the molecule is C/C=C(/C(=O)CCCCC(C)C)C(=O)C1=CCC(CC)=C(Nc2ccc(C3CCN(C)CC3)cc2)N=C1C(C)CC.Cc1ccc2ccccc2c1. The highest BCUT2D eigenvalue weighted by atomic mass is 16.1. The number of carbonyl (C=O) groups is 2. The standard InChI is InChI=1S/C36H53N3O2.C11H10/c1-8-26(6)34-32(35(41)31(10-3)33(40)14-12-11-13-25(4)5)20-17-27(9-2)36(38-34)37-30-18-15-28(16-19-30)29-21-23-39(7)24-22-29;1-9-6-7-10-4-2-3-5-11(10)8-9/h10,15-16,18-20,25-26,29,37H,8-9,11-14,17,21-24H2,1-7H3;2-8H,1H3/b31-10-;. The minimum Gasteiger partial charge on any atom is -0.340 e. The van der Waals surface area contributed by atoms with Crippen molar-refractivity contribution in [3.63, 3.8) is 0 Å². The molecule has 0 aliphatic carbocycles. The number of likely N-dealkylation sites (tertiary alicyclic amines) is 1. The summed E-state index contributed by atoms with van der Waals surface area (Å²) < 4.78 is 0. The minimum atomic E-state index is -0.181. The monoisotopic (exact) mass is 701 g/mol. The van der Waals surface area contributed by atoms with Gasteiger partial charge in [-0.3, -0.25) is 9.59 Å². The van der Waals surface area contributed by atoms with Crippen molar-refractivity contribution in [3.05, 3.63) is 113 Å². The van der Waals surface area contributed by atoms with Crippen LogP contribution in [0.15, 0.2) is 106 Å². The predicted molar refractivity (Wildman–Crippen MR) is 222 cm³/mol.